The highest BCUT2D eigenvalue weighted by atomic mass is 35.5. The van der Waals surface area contributed by atoms with Crippen molar-refractivity contribution >= 4 is 35.0 Å². The van der Waals surface area contributed by atoms with Crippen molar-refractivity contribution in [2.75, 3.05) is 5.32 Å². The molecule has 0 bridgehead atoms. The zero-order valence-electron chi connectivity index (χ0n) is 14.9. The van der Waals surface area contributed by atoms with E-state index >= 15 is 0 Å². The van der Waals surface area contributed by atoms with Gasteiger partial charge in [0.15, 0.2) is 11.0 Å². The molecule has 0 fully saturated rings. The van der Waals surface area contributed by atoms with E-state index in [0.29, 0.717) is 21.8 Å². The van der Waals surface area contributed by atoms with Crippen LogP contribution in [0.2, 0.25) is 5.02 Å². The zero-order valence-corrected chi connectivity index (χ0v) is 16.5. The molecule has 1 N–H and O–H groups in total. The first-order chi connectivity index (χ1) is 13.0. The van der Waals surface area contributed by atoms with Crippen LogP contribution in [0.5, 0.6) is 5.75 Å². The summed E-state index contributed by atoms with van der Waals surface area (Å²) in [6, 6.07) is 16.6. The molecule has 1 aromatic heterocycles. The largest absolute Gasteiger partial charge is 0.484 e. The van der Waals surface area contributed by atoms with Crippen molar-refractivity contribution in [1.29, 1.82) is 0 Å². The third kappa shape index (κ3) is 5.02. The Balaban J connectivity index is 1.59. The highest BCUT2D eigenvalue weighted by Crippen LogP contribution is 2.25. The SMILES string of the molecule is CC(Sc1nnc(COc2ccccc2Cl)n1C)C(=O)Nc1ccccc1. The van der Waals surface area contributed by atoms with Crippen molar-refractivity contribution < 1.29 is 9.53 Å². The fourth-order valence-electron chi connectivity index (χ4n) is 2.25. The summed E-state index contributed by atoms with van der Waals surface area (Å²) in [4.78, 5) is 12.4. The summed E-state index contributed by atoms with van der Waals surface area (Å²) in [5.41, 5.74) is 0.766. The van der Waals surface area contributed by atoms with Crippen LogP contribution in [0.15, 0.2) is 59.8 Å². The van der Waals surface area contributed by atoms with Gasteiger partial charge in [-0.05, 0) is 31.2 Å². The van der Waals surface area contributed by atoms with E-state index in [9.17, 15) is 4.79 Å². The van der Waals surface area contributed by atoms with Crippen molar-refractivity contribution in [3.05, 3.63) is 65.4 Å². The zero-order chi connectivity index (χ0) is 19.2. The van der Waals surface area contributed by atoms with Gasteiger partial charge in [-0.2, -0.15) is 0 Å². The molecule has 2 aromatic carbocycles. The van der Waals surface area contributed by atoms with E-state index in [4.69, 9.17) is 16.3 Å². The summed E-state index contributed by atoms with van der Waals surface area (Å²) in [5, 5.41) is 12.1. The molecule has 27 heavy (non-hydrogen) atoms. The molecule has 1 unspecified atom stereocenters. The number of halogens is 1. The maximum atomic E-state index is 12.4. The van der Waals surface area contributed by atoms with Crippen molar-refractivity contribution in [1.82, 2.24) is 14.8 Å². The van der Waals surface area contributed by atoms with E-state index in [-0.39, 0.29) is 17.8 Å². The highest BCUT2D eigenvalue weighted by Gasteiger charge is 2.19. The molecule has 0 radical (unpaired) electrons. The molecule has 3 rings (SSSR count). The number of nitrogens with one attached hydrogen (secondary N) is 1. The summed E-state index contributed by atoms with van der Waals surface area (Å²) < 4.78 is 7.52. The molecule has 0 spiro atoms. The van der Waals surface area contributed by atoms with Crippen LogP contribution in [-0.2, 0) is 18.4 Å². The van der Waals surface area contributed by atoms with Gasteiger partial charge in [-0.15, -0.1) is 10.2 Å². The first-order valence-electron chi connectivity index (χ1n) is 8.32. The van der Waals surface area contributed by atoms with Crippen LogP contribution in [0.1, 0.15) is 12.7 Å². The monoisotopic (exact) mass is 402 g/mol. The van der Waals surface area contributed by atoms with Gasteiger partial charge < -0.3 is 14.6 Å². The second-order valence-corrected chi connectivity index (χ2v) is 7.51. The van der Waals surface area contributed by atoms with Crippen LogP contribution in [0.25, 0.3) is 0 Å². The Hall–Kier alpha value is -2.51. The van der Waals surface area contributed by atoms with Crippen molar-refractivity contribution in [2.45, 2.75) is 23.9 Å². The van der Waals surface area contributed by atoms with Crippen LogP contribution in [0.4, 0.5) is 5.69 Å². The Labute approximate surface area is 166 Å². The molecule has 3 aromatic rings. The first kappa shape index (κ1) is 19.3. The molecule has 1 atom stereocenters. The standard InChI is InChI=1S/C19H19ClN4O2S/c1-13(18(25)21-14-8-4-3-5-9-14)27-19-23-22-17(24(19)2)12-26-16-11-7-6-10-15(16)20/h3-11,13H,12H2,1-2H3,(H,21,25). The average molecular weight is 403 g/mol. The van der Waals surface area contributed by atoms with Crippen LogP contribution in [0.3, 0.4) is 0 Å². The van der Waals surface area contributed by atoms with Crippen LogP contribution < -0.4 is 10.1 Å². The molecule has 6 nitrogen and oxygen atoms in total. The maximum absolute atomic E-state index is 12.4. The van der Waals surface area contributed by atoms with Gasteiger partial charge in [-0.25, -0.2) is 0 Å². The van der Waals surface area contributed by atoms with E-state index in [1.54, 1.807) is 12.1 Å². The maximum Gasteiger partial charge on any atom is 0.237 e. The first-order valence-corrected chi connectivity index (χ1v) is 9.58. The molecule has 0 saturated carbocycles. The number of aromatic nitrogens is 3. The number of hydrogen-bond acceptors (Lipinski definition) is 5. The predicted octanol–water partition coefficient (Wildman–Crippen LogP) is 4.17. The summed E-state index contributed by atoms with van der Waals surface area (Å²) in [7, 11) is 1.84. The lowest BCUT2D eigenvalue weighted by atomic mass is 10.3. The summed E-state index contributed by atoms with van der Waals surface area (Å²) in [5.74, 6) is 1.14. The predicted molar refractivity (Wildman–Crippen MR) is 107 cm³/mol. The number of ether oxygens (including phenoxy) is 1. The number of rotatable bonds is 7. The topological polar surface area (TPSA) is 69.0 Å². The van der Waals surface area contributed by atoms with Crippen LogP contribution in [-0.4, -0.2) is 25.9 Å². The van der Waals surface area contributed by atoms with Gasteiger partial charge in [0.05, 0.1) is 10.3 Å². The Morgan fingerprint density at radius 1 is 1.19 bits per heavy atom. The van der Waals surface area contributed by atoms with Gasteiger partial charge in [0, 0.05) is 12.7 Å². The number of nitrogens with zero attached hydrogens (tertiary/aromatic N) is 3. The van der Waals surface area contributed by atoms with Crippen molar-refractivity contribution in [2.24, 2.45) is 7.05 Å². The Bertz CT molecular complexity index is 917. The van der Waals surface area contributed by atoms with Gasteiger partial charge in [0.2, 0.25) is 5.91 Å². The number of anilines is 1. The fourth-order valence-corrected chi connectivity index (χ4v) is 3.28. The third-order valence-corrected chi connectivity index (χ3v) is 5.26. The van der Waals surface area contributed by atoms with E-state index in [1.807, 2.05) is 61.0 Å². The van der Waals surface area contributed by atoms with E-state index in [0.717, 1.165) is 5.69 Å². The number of para-hydroxylation sites is 2. The second-order valence-electron chi connectivity index (χ2n) is 5.79. The lowest BCUT2D eigenvalue weighted by molar-refractivity contribution is -0.115. The molecular weight excluding hydrogens is 384 g/mol. The van der Waals surface area contributed by atoms with Gasteiger partial charge >= 0.3 is 0 Å². The van der Waals surface area contributed by atoms with Crippen LogP contribution in [0, 0.1) is 0 Å². The van der Waals surface area contributed by atoms with Gasteiger partial charge in [-0.3, -0.25) is 4.79 Å². The normalized spacial score (nSPS) is 11.8. The Morgan fingerprint density at radius 3 is 2.63 bits per heavy atom. The molecule has 0 aliphatic carbocycles. The molecule has 1 amide bonds. The molecule has 1 heterocycles. The van der Waals surface area contributed by atoms with Crippen molar-refractivity contribution in [3.63, 3.8) is 0 Å². The number of amides is 1. The van der Waals surface area contributed by atoms with E-state index in [2.05, 4.69) is 15.5 Å². The second kappa shape index (κ2) is 8.92. The highest BCUT2D eigenvalue weighted by molar-refractivity contribution is 8.00. The molecular formula is C19H19ClN4O2S. The number of benzene rings is 2. The average Bonchev–Trinajstić information content (AvgIpc) is 3.01. The minimum absolute atomic E-state index is 0.0944. The summed E-state index contributed by atoms with van der Waals surface area (Å²) in [6.45, 7) is 2.07. The Morgan fingerprint density at radius 2 is 1.89 bits per heavy atom. The summed E-state index contributed by atoms with van der Waals surface area (Å²) in [6.07, 6.45) is 0. The quantitative estimate of drug-likeness (QED) is 0.601. The molecule has 0 aliphatic rings. The smallest absolute Gasteiger partial charge is 0.237 e. The number of carbonyl (C=O) groups excluding carboxylic acids is 1. The molecule has 0 saturated heterocycles. The van der Waals surface area contributed by atoms with Crippen molar-refractivity contribution in [3.8, 4) is 5.75 Å². The molecule has 0 aliphatic heterocycles. The lowest BCUT2D eigenvalue weighted by Crippen LogP contribution is -2.22. The minimum Gasteiger partial charge on any atom is -0.484 e. The van der Waals surface area contributed by atoms with Gasteiger partial charge in [0.25, 0.3) is 0 Å². The van der Waals surface area contributed by atoms with Gasteiger partial charge in [0.1, 0.15) is 12.4 Å². The molecule has 140 valence electrons. The lowest BCUT2D eigenvalue weighted by Gasteiger charge is -2.12. The molecule has 8 heteroatoms. The van der Waals surface area contributed by atoms with Crippen LogP contribution >= 0.6 is 23.4 Å². The number of thioether (sulfide) groups is 1. The van der Waals surface area contributed by atoms with Gasteiger partial charge in [-0.1, -0.05) is 53.7 Å². The third-order valence-electron chi connectivity index (χ3n) is 3.81. The Kier molecular flexibility index (Phi) is 6.36. The van der Waals surface area contributed by atoms with E-state index in [1.165, 1.54) is 11.8 Å². The number of carbonyl (C=O) groups is 1. The summed E-state index contributed by atoms with van der Waals surface area (Å²) >= 11 is 7.43. The minimum atomic E-state index is -0.328. The number of hydrogen-bond donors (Lipinski definition) is 1. The van der Waals surface area contributed by atoms with E-state index < -0.39 is 0 Å². The fraction of sp³-hybridized carbons (Fsp3) is 0.211.